The van der Waals surface area contributed by atoms with Gasteiger partial charge in [0.25, 0.3) is 0 Å². The van der Waals surface area contributed by atoms with Gasteiger partial charge in [0.2, 0.25) is 11.6 Å². The Balaban J connectivity index is 1.60. The van der Waals surface area contributed by atoms with E-state index in [4.69, 9.17) is 0 Å². The van der Waals surface area contributed by atoms with E-state index in [-0.39, 0.29) is 23.0 Å². The normalized spacial score (nSPS) is 17.1. The van der Waals surface area contributed by atoms with Crippen molar-refractivity contribution in [1.82, 2.24) is 14.9 Å². The zero-order chi connectivity index (χ0) is 18.5. The second kappa shape index (κ2) is 5.96. The average Bonchev–Trinajstić information content (AvgIpc) is 2.71. The number of hydrogen-bond acceptors (Lipinski definition) is 6. The molecule has 27 heavy (non-hydrogen) atoms. The number of rotatable bonds is 1. The van der Waals surface area contributed by atoms with Crippen molar-refractivity contribution in [2.24, 2.45) is 0 Å². The van der Waals surface area contributed by atoms with Crippen molar-refractivity contribution in [3.05, 3.63) is 65.0 Å². The Morgan fingerprint density at radius 1 is 0.778 bits per heavy atom. The fourth-order valence-electron chi connectivity index (χ4n) is 3.75. The third-order valence-electron chi connectivity index (χ3n) is 5.36. The number of nitrogens with zero attached hydrogens (tertiary/aromatic N) is 4. The van der Waals surface area contributed by atoms with Crippen LogP contribution in [0, 0.1) is 0 Å². The number of aromatic nitrogens is 2. The fraction of sp³-hybridized carbons (Fsp3) is 0.238. The van der Waals surface area contributed by atoms with Crippen molar-refractivity contribution in [2.75, 3.05) is 38.1 Å². The zero-order valence-electron chi connectivity index (χ0n) is 15.0. The number of piperazine rings is 1. The topological polar surface area (TPSA) is 66.4 Å². The molecule has 0 unspecified atom stereocenters. The number of benzene rings is 2. The molecule has 5 rings (SSSR count). The number of likely N-dealkylation sites (N-methyl/N-ethyl adjacent to an activating group) is 1. The van der Waals surface area contributed by atoms with Crippen LogP contribution in [0.4, 0.5) is 5.69 Å². The highest BCUT2D eigenvalue weighted by Gasteiger charge is 2.32. The zero-order valence-corrected chi connectivity index (χ0v) is 15.0. The lowest BCUT2D eigenvalue weighted by Crippen LogP contribution is -2.44. The molecule has 0 atom stereocenters. The van der Waals surface area contributed by atoms with Crippen LogP contribution < -0.4 is 4.90 Å². The van der Waals surface area contributed by atoms with Gasteiger partial charge in [-0.1, -0.05) is 24.3 Å². The number of carbonyl (C=O) groups excluding carboxylic acids is 2. The smallest absolute Gasteiger partial charge is 0.214 e. The standard InChI is InChI=1S/C21H18N4O2/c1-24-8-10-25(11-9-24)13-6-7-16-17(12-13)23-19-18(22-16)20(26)14-4-2-3-5-15(14)21(19)27/h2-7,12H,8-11H2,1H3. The van der Waals surface area contributed by atoms with E-state index in [9.17, 15) is 9.59 Å². The van der Waals surface area contributed by atoms with Gasteiger partial charge in [-0.3, -0.25) is 9.59 Å². The average molecular weight is 358 g/mol. The lowest BCUT2D eigenvalue weighted by atomic mass is 9.89. The number of fused-ring (bicyclic) bond motifs is 3. The van der Waals surface area contributed by atoms with Crippen LogP contribution in [-0.4, -0.2) is 59.7 Å². The van der Waals surface area contributed by atoms with Gasteiger partial charge in [0, 0.05) is 43.0 Å². The molecule has 6 nitrogen and oxygen atoms in total. The summed E-state index contributed by atoms with van der Waals surface area (Å²) < 4.78 is 0. The van der Waals surface area contributed by atoms with E-state index >= 15 is 0 Å². The largest absolute Gasteiger partial charge is 0.369 e. The Kier molecular flexibility index (Phi) is 3.55. The first-order chi connectivity index (χ1) is 13.1. The van der Waals surface area contributed by atoms with Crippen LogP contribution in [0.3, 0.4) is 0 Å². The Hall–Kier alpha value is -3.12. The maximum Gasteiger partial charge on any atom is 0.214 e. The SMILES string of the molecule is CN1CCN(c2ccc3nc4c(nc3c2)C(=O)c2ccccc2C4=O)CC1. The third-order valence-corrected chi connectivity index (χ3v) is 5.36. The van der Waals surface area contributed by atoms with Crippen molar-refractivity contribution in [2.45, 2.75) is 0 Å². The van der Waals surface area contributed by atoms with Crippen LogP contribution in [0.15, 0.2) is 42.5 Å². The molecule has 2 aliphatic rings. The quantitative estimate of drug-likeness (QED) is 0.519. The van der Waals surface area contributed by atoms with Gasteiger partial charge in [0.15, 0.2) is 0 Å². The predicted molar refractivity (Wildman–Crippen MR) is 103 cm³/mol. The van der Waals surface area contributed by atoms with Crippen LogP contribution in [-0.2, 0) is 0 Å². The van der Waals surface area contributed by atoms with Crippen molar-refractivity contribution in [3.8, 4) is 0 Å². The van der Waals surface area contributed by atoms with E-state index in [1.165, 1.54) is 0 Å². The first-order valence-electron chi connectivity index (χ1n) is 9.05. The highest BCUT2D eigenvalue weighted by Crippen LogP contribution is 2.28. The van der Waals surface area contributed by atoms with Gasteiger partial charge in [-0.15, -0.1) is 0 Å². The Morgan fingerprint density at radius 2 is 1.37 bits per heavy atom. The van der Waals surface area contributed by atoms with Crippen molar-refractivity contribution in [1.29, 1.82) is 0 Å². The first kappa shape index (κ1) is 16.1. The van der Waals surface area contributed by atoms with Gasteiger partial charge in [-0.05, 0) is 25.2 Å². The van der Waals surface area contributed by atoms with Crippen LogP contribution in [0.1, 0.15) is 32.1 Å². The highest BCUT2D eigenvalue weighted by atomic mass is 16.1. The lowest BCUT2D eigenvalue weighted by Gasteiger charge is -2.34. The molecule has 0 radical (unpaired) electrons. The summed E-state index contributed by atoms with van der Waals surface area (Å²) in [6, 6.07) is 12.7. The van der Waals surface area contributed by atoms with E-state index in [0.717, 1.165) is 31.9 Å². The molecule has 1 aromatic heterocycles. The molecule has 0 N–H and O–H groups in total. The fourth-order valence-corrected chi connectivity index (χ4v) is 3.75. The molecule has 1 saturated heterocycles. The Bertz CT molecular complexity index is 1100. The molecule has 0 amide bonds. The van der Waals surface area contributed by atoms with Crippen LogP contribution in [0.2, 0.25) is 0 Å². The summed E-state index contributed by atoms with van der Waals surface area (Å²) in [5, 5.41) is 0. The van der Waals surface area contributed by atoms with E-state index in [1.807, 2.05) is 18.2 Å². The summed E-state index contributed by atoms with van der Waals surface area (Å²) in [6.07, 6.45) is 0. The van der Waals surface area contributed by atoms with E-state index in [1.54, 1.807) is 24.3 Å². The first-order valence-corrected chi connectivity index (χ1v) is 9.05. The molecule has 2 aromatic carbocycles. The van der Waals surface area contributed by atoms with Gasteiger partial charge in [-0.2, -0.15) is 0 Å². The maximum atomic E-state index is 12.8. The Labute approximate surface area is 156 Å². The Morgan fingerprint density at radius 3 is 2.00 bits per heavy atom. The van der Waals surface area contributed by atoms with Crippen molar-refractivity contribution < 1.29 is 9.59 Å². The number of hydrogen-bond donors (Lipinski definition) is 0. The van der Waals surface area contributed by atoms with Crippen LogP contribution in [0.25, 0.3) is 11.0 Å². The molecule has 0 saturated carbocycles. The number of carbonyl (C=O) groups is 2. The third kappa shape index (κ3) is 2.52. The van der Waals surface area contributed by atoms with E-state index in [0.29, 0.717) is 22.2 Å². The minimum Gasteiger partial charge on any atom is -0.369 e. The molecule has 1 aliphatic carbocycles. The van der Waals surface area contributed by atoms with Gasteiger partial charge in [0.05, 0.1) is 11.0 Å². The van der Waals surface area contributed by atoms with Crippen LogP contribution in [0.5, 0.6) is 0 Å². The summed E-state index contributed by atoms with van der Waals surface area (Å²) in [5.41, 5.74) is 3.45. The summed E-state index contributed by atoms with van der Waals surface area (Å²) in [6.45, 7) is 3.92. The van der Waals surface area contributed by atoms with Gasteiger partial charge >= 0.3 is 0 Å². The molecule has 0 bridgehead atoms. The van der Waals surface area contributed by atoms with Crippen LogP contribution >= 0.6 is 0 Å². The summed E-state index contributed by atoms with van der Waals surface area (Å²) >= 11 is 0. The molecule has 3 aromatic rings. The number of ketones is 2. The molecular weight excluding hydrogens is 340 g/mol. The highest BCUT2D eigenvalue weighted by molar-refractivity contribution is 6.27. The molecular formula is C21H18N4O2. The summed E-state index contributed by atoms with van der Waals surface area (Å²) in [7, 11) is 2.12. The molecule has 134 valence electrons. The predicted octanol–water partition coefficient (Wildman–Crippen LogP) is 2.16. The van der Waals surface area contributed by atoms with E-state index in [2.05, 4.69) is 26.8 Å². The minimum atomic E-state index is -0.238. The molecule has 1 aliphatic heterocycles. The number of anilines is 1. The molecule has 0 spiro atoms. The van der Waals surface area contributed by atoms with Gasteiger partial charge in [-0.25, -0.2) is 9.97 Å². The van der Waals surface area contributed by atoms with Gasteiger partial charge in [0.1, 0.15) is 11.4 Å². The summed E-state index contributed by atoms with van der Waals surface area (Å²) in [4.78, 5) is 39.3. The second-order valence-corrected chi connectivity index (χ2v) is 7.09. The maximum absolute atomic E-state index is 12.8. The van der Waals surface area contributed by atoms with Crippen molar-refractivity contribution in [3.63, 3.8) is 0 Å². The molecule has 1 fully saturated rings. The minimum absolute atomic E-state index is 0.151. The lowest BCUT2D eigenvalue weighted by molar-refractivity contribution is 0.0972. The summed E-state index contributed by atoms with van der Waals surface area (Å²) in [5.74, 6) is -0.475. The molecule has 2 heterocycles. The monoisotopic (exact) mass is 358 g/mol. The molecule has 6 heteroatoms. The van der Waals surface area contributed by atoms with E-state index < -0.39 is 0 Å². The van der Waals surface area contributed by atoms with Gasteiger partial charge < -0.3 is 9.80 Å². The second-order valence-electron chi connectivity index (χ2n) is 7.09. The van der Waals surface area contributed by atoms with Crippen molar-refractivity contribution >= 4 is 28.3 Å².